The second kappa shape index (κ2) is 10.1. The molecule has 0 amide bonds. The molecule has 2 saturated heterocycles. The topological polar surface area (TPSA) is 44.7 Å². The fourth-order valence-electron chi connectivity index (χ4n) is 3.81. The maximum atomic E-state index is 5.98. The first-order valence-corrected chi connectivity index (χ1v) is 11.2. The average Bonchev–Trinajstić information content (AvgIpc) is 3.21. The largest absolute Gasteiger partial charge is 0.369 e. The van der Waals surface area contributed by atoms with E-state index in [9.17, 15) is 0 Å². The molecule has 0 unspecified atom stereocenters. The zero-order chi connectivity index (χ0) is 19.9. The Kier molecular flexibility index (Phi) is 6.99. The summed E-state index contributed by atoms with van der Waals surface area (Å²) in [6, 6.07) is 10.7. The summed E-state index contributed by atoms with van der Waals surface area (Å²) in [5.74, 6) is 6.50. The number of anilines is 2. The van der Waals surface area contributed by atoms with E-state index in [0.717, 1.165) is 68.8 Å². The number of ether oxygens (including phenoxy) is 1. The normalized spacial score (nSPS) is 18.5. The number of aryl methyl sites for hydroxylation is 1. The SMILES string of the molecule is Cc1nnc(N2CCC(OCC#CCN3CCN(c4ccccc4)CC3)CC2)s1. The molecule has 0 bridgehead atoms. The molecule has 0 saturated carbocycles. The number of piperidine rings is 1. The summed E-state index contributed by atoms with van der Waals surface area (Å²) < 4.78 is 5.98. The van der Waals surface area contributed by atoms with Crippen LogP contribution in [0.5, 0.6) is 0 Å². The minimum Gasteiger partial charge on any atom is -0.369 e. The summed E-state index contributed by atoms with van der Waals surface area (Å²) in [6.45, 7) is 9.59. The van der Waals surface area contributed by atoms with Crippen molar-refractivity contribution in [2.24, 2.45) is 0 Å². The van der Waals surface area contributed by atoms with E-state index >= 15 is 0 Å². The Bertz CT molecular complexity index is 814. The van der Waals surface area contributed by atoms with Gasteiger partial charge in [-0.3, -0.25) is 4.90 Å². The number of hydrogen-bond donors (Lipinski definition) is 0. The second-order valence-electron chi connectivity index (χ2n) is 7.55. The number of rotatable bonds is 5. The van der Waals surface area contributed by atoms with E-state index in [-0.39, 0.29) is 0 Å². The highest BCUT2D eigenvalue weighted by molar-refractivity contribution is 7.15. The monoisotopic (exact) mass is 411 g/mol. The van der Waals surface area contributed by atoms with Gasteiger partial charge in [-0.05, 0) is 31.9 Å². The van der Waals surface area contributed by atoms with Crippen molar-refractivity contribution in [2.75, 3.05) is 62.2 Å². The molecule has 0 radical (unpaired) electrons. The minimum absolute atomic E-state index is 0.309. The molecule has 2 aliphatic heterocycles. The van der Waals surface area contributed by atoms with Gasteiger partial charge >= 0.3 is 0 Å². The quantitative estimate of drug-likeness (QED) is 0.705. The van der Waals surface area contributed by atoms with E-state index in [2.05, 4.69) is 67.1 Å². The van der Waals surface area contributed by atoms with Gasteiger partial charge in [0.05, 0.1) is 12.6 Å². The van der Waals surface area contributed by atoms with Gasteiger partial charge in [-0.1, -0.05) is 41.4 Å². The summed E-state index contributed by atoms with van der Waals surface area (Å²) in [7, 11) is 0. The predicted octanol–water partition coefficient (Wildman–Crippen LogP) is 2.66. The van der Waals surface area contributed by atoms with Crippen LogP contribution in [0, 0.1) is 18.8 Å². The Morgan fingerprint density at radius 3 is 2.41 bits per heavy atom. The van der Waals surface area contributed by atoms with E-state index in [0.29, 0.717) is 12.7 Å². The molecule has 0 atom stereocenters. The molecule has 154 valence electrons. The molecular formula is C22H29N5OS. The summed E-state index contributed by atoms with van der Waals surface area (Å²) in [5, 5.41) is 10.4. The van der Waals surface area contributed by atoms with Crippen molar-refractivity contribution in [3.8, 4) is 11.8 Å². The van der Waals surface area contributed by atoms with Crippen LogP contribution in [0.3, 0.4) is 0 Å². The molecule has 2 fully saturated rings. The van der Waals surface area contributed by atoms with Crippen LogP contribution in [0.1, 0.15) is 17.8 Å². The van der Waals surface area contributed by atoms with E-state index < -0.39 is 0 Å². The Hall–Kier alpha value is -2.14. The molecule has 0 N–H and O–H groups in total. The molecule has 2 aliphatic rings. The lowest BCUT2D eigenvalue weighted by molar-refractivity contribution is 0.0594. The van der Waals surface area contributed by atoms with Crippen LogP contribution in [0.4, 0.5) is 10.8 Å². The standard InChI is InChI=1S/C22H29N5OS/c1-19-23-24-22(29-19)27-12-9-21(10-13-27)28-18-6-5-11-25-14-16-26(17-15-25)20-7-3-2-4-8-20/h2-4,7-8,21H,9-18H2,1H3. The molecule has 3 heterocycles. The number of aromatic nitrogens is 2. The first kappa shape index (κ1) is 20.1. The van der Waals surface area contributed by atoms with Crippen molar-refractivity contribution in [2.45, 2.75) is 25.9 Å². The van der Waals surface area contributed by atoms with E-state index in [1.807, 2.05) is 6.92 Å². The van der Waals surface area contributed by atoms with E-state index in [4.69, 9.17) is 4.74 Å². The number of benzene rings is 1. The Morgan fingerprint density at radius 2 is 1.72 bits per heavy atom. The molecular weight excluding hydrogens is 382 g/mol. The third kappa shape index (κ3) is 5.69. The molecule has 4 rings (SSSR count). The van der Waals surface area contributed by atoms with Crippen molar-refractivity contribution < 1.29 is 4.74 Å². The first-order chi connectivity index (χ1) is 14.3. The smallest absolute Gasteiger partial charge is 0.208 e. The summed E-state index contributed by atoms with van der Waals surface area (Å²) in [5.41, 5.74) is 1.32. The average molecular weight is 412 g/mol. The second-order valence-corrected chi connectivity index (χ2v) is 8.71. The number of piperazine rings is 1. The van der Waals surface area contributed by atoms with Gasteiger partial charge in [-0.2, -0.15) is 0 Å². The number of hydrogen-bond acceptors (Lipinski definition) is 7. The summed E-state index contributed by atoms with van der Waals surface area (Å²) in [6.07, 6.45) is 2.37. The molecule has 1 aromatic carbocycles. The van der Waals surface area contributed by atoms with Crippen molar-refractivity contribution in [3.63, 3.8) is 0 Å². The van der Waals surface area contributed by atoms with Gasteiger partial charge in [0.1, 0.15) is 11.6 Å². The van der Waals surface area contributed by atoms with Gasteiger partial charge in [0, 0.05) is 45.0 Å². The zero-order valence-electron chi connectivity index (χ0n) is 17.1. The maximum Gasteiger partial charge on any atom is 0.208 e. The van der Waals surface area contributed by atoms with Gasteiger partial charge in [0.25, 0.3) is 0 Å². The van der Waals surface area contributed by atoms with Gasteiger partial charge in [0.2, 0.25) is 5.13 Å². The summed E-state index contributed by atoms with van der Waals surface area (Å²) >= 11 is 1.67. The highest BCUT2D eigenvalue weighted by Crippen LogP contribution is 2.24. The number of para-hydroxylation sites is 1. The van der Waals surface area contributed by atoms with Crippen LogP contribution in [-0.4, -0.2) is 73.6 Å². The van der Waals surface area contributed by atoms with Crippen LogP contribution in [0.2, 0.25) is 0 Å². The van der Waals surface area contributed by atoms with Gasteiger partial charge < -0.3 is 14.5 Å². The van der Waals surface area contributed by atoms with Crippen LogP contribution in [-0.2, 0) is 4.74 Å². The van der Waals surface area contributed by atoms with Crippen LogP contribution in [0.25, 0.3) is 0 Å². The van der Waals surface area contributed by atoms with Crippen LogP contribution >= 0.6 is 11.3 Å². The highest BCUT2D eigenvalue weighted by atomic mass is 32.1. The Labute approximate surface area is 177 Å². The van der Waals surface area contributed by atoms with Crippen molar-refractivity contribution in [1.29, 1.82) is 0 Å². The lowest BCUT2D eigenvalue weighted by Gasteiger charge is -2.35. The lowest BCUT2D eigenvalue weighted by atomic mass is 10.1. The fraction of sp³-hybridized carbons (Fsp3) is 0.545. The highest BCUT2D eigenvalue weighted by Gasteiger charge is 2.21. The van der Waals surface area contributed by atoms with Crippen LogP contribution in [0.15, 0.2) is 30.3 Å². The van der Waals surface area contributed by atoms with E-state index in [1.165, 1.54) is 5.69 Å². The molecule has 29 heavy (non-hydrogen) atoms. The number of nitrogens with zero attached hydrogens (tertiary/aromatic N) is 5. The molecule has 6 nitrogen and oxygen atoms in total. The van der Waals surface area contributed by atoms with Crippen LogP contribution < -0.4 is 9.80 Å². The van der Waals surface area contributed by atoms with Gasteiger partial charge in [-0.15, -0.1) is 10.2 Å². The van der Waals surface area contributed by atoms with Crippen molar-refractivity contribution in [1.82, 2.24) is 15.1 Å². The summed E-state index contributed by atoms with van der Waals surface area (Å²) in [4.78, 5) is 7.18. The predicted molar refractivity (Wildman–Crippen MR) is 119 cm³/mol. The molecule has 0 aliphatic carbocycles. The Balaban J connectivity index is 1.11. The zero-order valence-corrected chi connectivity index (χ0v) is 17.9. The third-order valence-electron chi connectivity index (χ3n) is 5.54. The van der Waals surface area contributed by atoms with Gasteiger partial charge in [0.15, 0.2) is 0 Å². The fourth-order valence-corrected chi connectivity index (χ4v) is 4.55. The van der Waals surface area contributed by atoms with Gasteiger partial charge in [-0.25, -0.2) is 0 Å². The third-order valence-corrected chi connectivity index (χ3v) is 6.44. The minimum atomic E-state index is 0.309. The first-order valence-electron chi connectivity index (χ1n) is 10.4. The van der Waals surface area contributed by atoms with Crippen molar-refractivity contribution >= 4 is 22.2 Å². The molecule has 7 heteroatoms. The van der Waals surface area contributed by atoms with Crippen molar-refractivity contribution in [3.05, 3.63) is 35.3 Å². The van der Waals surface area contributed by atoms with E-state index in [1.54, 1.807) is 11.3 Å². The molecule has 0 spiro atoms. The Morgan fingerprint density at radius 1 is 0.966 bits per heavy atom. The lowest BCUT2D eigenvalue weighted by Crippen LogP contribution is -2.46. The molecule has 1 aromatic heterocycles. The molecule has 2 aromatic rings. The maximum absolute atomic E-state index is 5.98.